The van der Waals surface area contributed by atoms with Crippen LogP contribution in [-0.2, 0) is 4.79 Å². The van der Waals surface area contributed by atoms with Crippen LogP contribution in [0.4, 0.5) is 5.69 Å². The Hall–Kier alpha value is -3.58. The average Bonchev–Trinajstić information content (AvgIpc) is 3.25. The van der Waals surface area contributed by atoms with Gasteiger partial charge in [-0.15, -0.1) is 5.10 Å². The lowest BCUT2D eigenvalue weighted by atomic mass is 10.2. The number of nitrogens with zero attached hydrogens (tertiary/aromatic N) is 3. The van der Waals surface area contributed by atoms with Crippen LogP contribution < -0.4 is 10.1 Å². The van der Waals surface area contributed by atoms with Crippen LogP contribution in [-0.4, -0.2) is 33.0 Å². The van der Waals surface area contributed by atoms with Gasteiger partial charge in [-0.1, -0.05) is 72.4 Å². The van der Waals surface area contributed by atoms with E-state index < -0.39 is 0 Å². The lowest BCUT2D eigenvalue weighted by molar-refractivity contribution is -0.113. The molecule has 31 heavy (non-hydrogen) atoms. The van der Waals surface area contributed by atoms with Crippen molar-refractivity contribution in [2.24, 2.45) is 0 Å². The number of nitrogens with one attached hydrogen (secondary N) is 1. The van der Waals surface area contributed by atoms with Gasteiger partial charge in [-0.3, -0.25) is 4.79 Å². The number of rotatable bonds is 8. The summed E-state index contributed by atoms with van der Waals surface area (Å²) in [6, 6.07) is 27.1. The van der Waals surface area contributed by atoms with E-state index in [0.29, 0.717) is 23.2 Å². The molecular weight excluding hydrogens is 408 g/mol. The van der Waals surface area contributed by atoms with Crippen molar-refractivity contribution in [2.75, 3.05) is 17.7 Å². The van der Waals surface area contributed by atoms with E-state index in [0.717, 1.165) is 17.1 Å². The summed E-state index contributed by atoms with van der Waals surface area (Å²) >= 11 is 1.30. The Morgan fingerprint density at radius 2 is 1.65 bits per heavy atom. The average molecular weight is 431 g/mol. The number of benzene rings is 3. The minimum Gasteiger partial charge on any atom is -0.492 e. The Balaban J connectivity index is 1.52. The van der Waals surface area contributed by atoms with Crippen molar-refractivity contribution in [1.29, 1.82) is 0 Å². The first kappa shape index (κ1) is 20.7. The van der Waals surface area contributed by atoms with E-state index in [9.17, 15) is 4.79 Å². The van der Waals surface area contributed by atoms with E-state index in [4.69, 9.17) is 9.72 Å². The van der Waals surface area contributed by atoms with Gasteiger partial charge >= 0.3 is 0 Å². The molecule has 156 valence electrons. The second-order valence-corrected chi connectivity index (χ2v) is 7.54. The molecule has 1 heterocycles. The maximum absolute atomic E-state index is 12.5. The second kappa shape index (κ2) is 9.95. The highest BCUT2D eigenvalue weighted by atomic mass is 32.2. The van der Waals surface area contributed by atoms with Crippen molar-refractivity contribution in [1.82, 2.24) is 14.8 Å². The fraction of sp³-hybridized carbons (Fsp3) is 0.125. The van der Waals surface area contributed by atoms with Gasteiger partial charge in [0.1, 0.15) is 5.75 Å². The van der Waals surface area contributed by atoms with Gasteiger partial charge in [0.2, 0.25) is 11.1 Å². The van der Waals surface area contributed by atoms with Gasteiger partial charge in [0.15, 0.2) is 5.82 Å². The van der Waals surface area contributed by atoms with E-state index in [1.54, 1.807) is 4.68 Å². The first-order valence-electron chi connectivity index (χ1n) is 9.97. The smallest absolute Gasteiger partial charge is 0.234 e. The highest BCUT2D eigenvalue weighted by Crippen LogP contribution is 2.26. The molecule has 1 aromatic heterocycles. The Bertz CT molecular complexity index is 1090. The molecule has 4 rings (SSSR count). The van der Waals surface area contributed by atoms with E-state index in [2.05, 4.69) is 10.4 Å². The van der Waals surface area contributed by atoms with Crippen molar-refractivity contribution < 1.29 is 9.53 Å². The van der Waals surface area contributed by atoms with Crippen LogP contribution in [0.15, 0.2) is 90.1 Å². The van der Waals surface area contributed by atoms with Gasteiger partial charge < -0.3 is 10.1 Å². The number of hydrogen-bond donors (Lipinski definition) is 1. The summed E-state index contributed by atoms with van der Waals surface area (Å²) in [5, 5.41) is 8.09. The molecule has 0 saturated heterocycles. The molecule has 0 unspecified atom stereocenters. The third kappa shape index (κ3) is 5.13. The number of hydrogen-bond acceptors (Lipinski definition) is 5. The standard InChI is InChI=1S/C24H22N4O2S/c1-2-30-21-16-10-9-15-20(21)25-22(29)17-31-24-26-23(18-11-5-3-6-12-18)28(27-24)19-13-7-4-8-14-19/h3-16H,2,17H2,1H3,(H,25,29). The molecule has 0 saturated carbocycles. The van der Waals surface area contributed by atoms with Gasteiger partial charge in [0.25, 0.3) is 0 Å². The molecule has 0 atom stereocenters. The molecule has 1 amide bonds. The molecule has 0 aliphatic rings. The summed E-state index contributed by atoms with van der Waals surface area (Å²) < 4.78 is 7.37. The summed E-state index contributed by atoms with van der Waals surface area (Å²) in [6.45, 7) is 2.44. The quantitative estimate of drug-likeness (QED) is 0.396. The number of carbonyl (C=O) groups is 1. The van der Waals surface area contributed by atoms with Crippen LogP contribution in [0.2, 0.25) is 0 Å². The lowest BCUT2D eigenvalue weighted by Gasteiger charge is -2.10. The van der Waals surface area contributed by atoms with Gasteiger partial charge in [0.05, 0.1) is 23.7 Å². The number of ether oxygens (including phenoxy) is 1. The maximum atomic E-state index is 12.5. The lowest BCUT2D eigenvalue weighted by Crippen LogP contribution is -2.15. The summed E-state index contributed by atoms with van der Waals surface area (Å²) in [5.41, 5.74) is 2.53. The van der Waals surface area contributed by atoms with E-state index in [1.165, 1.54) is 11.8 Å². The maximum Gasteiger partial charge on any atom is 0.234 e. The molecular formula is C24H22N4O2S. The van der Waals surface area contributed by atoms with Crippen molar-refractivity contribution in [3.05, 3.63) is 84.9 Å². The van der Waals surface area contributed by atoms with Gasteiger partial charge in [-0.25, -0.2) is 9.67 Å². The predicted molar refractivity (Wildman–Crippen MR) is 124 cm³/mol. The van der Waals surface area contributed by atoms with Gasteiger partial charge in [-0.05, 0) is 31.2 Å². The molecule has 0 fully saturated rings. The van der Waals surface area contributed by atoms with Crippen LogP contribution in [0, 0.1) is 0 Å². The second-order valence-electron chi connectivity index (χ2n) is 6.60. The number of thioether (sulfide) groups is 1. The summed E-state index contributed by atoms with van der Waals surface area (Å²) in [7, 11) is 0. The van der Waals surface area contributed by atoms with Crippen LogP contribution in [0.1, 0.15) is 6.92 Å². The zero-order valence-corrected chi connectivity index (χ0v) is 17.9. The van der Waals surface area contributed by atoms with Crippen LogP contribution in [0.5, 0.6) is 5.75 Å². The Morgan fingerprint density at radius 1 is 0.968 bits per heavy atom. The molecule has 7 heteroatoms. The van der Waals surface area contributed by atoms with Crippen LogP contribution in [0.25, 0.3) is 17.1 Å². The number of anilines is 1. The highest BCUT2D eigenvalue weighted by molar-refractivity contribution is 7.99. The molecule has 3 aromatic carbocycles. The fourth-order valence-electron chi connectivity index (χ4n) is 3.05. The normalized spacial score (nSPS) is 10.6. The Morgan fingerprint density at radius 3 is 2.39 bits per heavy atom. The van der Waals surface area contributed by atoms with Crippen molar-refractivity contribution in [3.63, 3.8) is 0 Å². The van der Waals surface area contributed by atoms with Crippen molar-refractivity contribution >= 4 is 23.4 Å². The monoisotopic (exact) mass is 430 g/mol. The molecule has 4 aromatic rings. The zero-order valence-electron chi connectivity index (χ0n) is 17.1. The first-order valence-corrected chi connectivity index (χ1v) is 11.0. The SMILES string of the molecule is CCOc1ccccc1NC(=O)CSc1nc(-c2ccccc2)n(-c2ccccc2)n1. The Kier molecular flexibility index (Phi) is 6.64. The molecule has 0 aliphatic carbocycles. The van der Waals surface area contributed by atoms with E-state index >= 15 is 0 Å². The largest absolute Gasteiger partial charge is 0.492 e. The fourth-order valence-corrected chi connectivity index (χ4v) is 3.67. The first-order chi connectivity index (χ1) is 15.2. The molecule has 6 nitrogen and oxygen atoms in total. The van der Waals surface area contributed by atoms with Crippen LogP contribution >= 0.6 is 11.8 Å². The van der Waals surface area contributed by atoms with Crippen LogP contribution in [0.3, 0.4) is 0 Å². The van der Waals surface area contributed by atoms with Gasteiger partial charge in [0, 0.05) is 5.56 Å². The summed E-state index contributed by atoms with van der Waals surface area (Å²) in [4.78, 5) is 17.2. The molecule has 0 aliphatic heterocycles. The predicted octanol–water partition coefficient (Wildman–Crippen LogP) is 5.06. The van der Waals surface area contributed by atoms with Gasteiger partial charge in [-0.2, -0.15) is 0 Å². The topological polar surface area (TPSA) is 69.0 Å². The number of para-hydroxylation sites is 3. The minimum atomic E-state index is -0.144. The third-order valence-corrected chi connectivity index (χ3v) is 5.25. The molecule has 0 radical (unpaired) electrons. The molecule has 1 N–H and O–H groups in total. The Labute approximate surface area is 185 Å². The van der Waals surface area contributed by atoms with E-state index in [-0.39, 0.29) is 11.7 Å². The third-order valence-electron chi connectivity index (χ3n) is 4.41. The number of carbonyl (C=O) groups excluding carboxylic acids is 1. The van der Waals surface area contributed by atoms with Crippen molar-refractivity contribution in [3.8, 4) is 22.8 Å². The minimum absolute atomic E-state index is 0.144. The molecule has 0 spiro atoms. The highest BCUT2D eigenvalue weighted by Gasteiger charge is 2.15. The molecule has 0 bridgehead atoms. The summed E-state index contributed by atoms with van der Waals surface area (Å²) in [6.07, 6.45) is 0. The van der Waals surface area contributed by atoms with Crippen molar-refractivity contribution in [2.45, 2.75) is 12.1 Å². The number of amides is 1. The van der Waals surface area contributed by atoms with E-state index in [1.807, 2.05) is 91.9 Å². The summed E-state index contributed by atoms with van der Waals surface area (Å²) in [5.74, 6) is 1.43. The number of aromatic nitrogens is 3. The zero-order chi connectivity index (χ0) is 21.5.